The lowest BCUT2D eigenvalue weighted by Crippen LogP contribution is -2.44. The van der Waals surface area contributed by atoms with Crippen molar-refractivity contribution < 1.29 is 22.7 Å². The molecule has 1 fully saturated rings. The van der Waals surface area contributed by atoms with E-state index < -0.39 is 16.0 Å². The van der Waals surface area contributed by atoms with Crippen molar-refractivity contribution in [1.82, 2.24) is 9.29 Å². The van der Waals surface area contributed by atoms with Gasteiger partial charge in [0.1, 0.15) is 0 Å². The first-order valence-electron chi connectivity index (χ1n) is 5.60. The average molecular weight is 306 g/mol. The van der Waals surface area contributed by atoms with E-state index in [1.54, 1.807) is 6.92 Å². The number of nitrogens with zero attached hydrogens (tertiary/aromatic N) is 2. The van der Waals surface area contributed by atoms with Crippen molar-refractivity contribution in [3.05, 3.63) is 11.2 Å². The normalized spacial score (nSPS) is 21.3. The Bertz CT molecular complexity index is 568. The lowest BCUT2D eigenvalue weighted by molar-refractivity contribution is 0.0102. The summed E-state index contributed by atoms with van der Waals surface area (Å²) in [6.07, 6.45) is -0.168. The topological polar surface area (TPSA) is 85.8 Å². The molecular formula is C10H14N2O5S2. The number of thiazole rings is 1. The minimum atomic E-state index is -3.73. The Balaban J connectivity index is 2.34. The third-order valence-corrected chi connectivity index (χ3v) is 5.90. The van der Waals surface area contributed by atoms with Crippen molar-refractivity contribution in [3.8, 4) is 0 Å². The van der Waals surface area contributed by atoms with Crippen LogP contribution in [0.25, 0.3) is 0 Å². The first-order chi connectivity index (χ1) is 8.96. The van der Waals surface area contributed by atoms with E-state index in [9.17, 15) is 13.2 Å². The van der Waals surface area contributed by atoms with Crippen molar-refractivity contribution >= 4 is 27.3 Å². The van der Waals surface area contributed by atoms with Crippen LogP contribution in [0.5, 0.6) is 0 Å². The molecule has 0 saturated carbocycles. The number of hydrogen-bond acceptors (Lipinski definition) is 7. The Hall–Kier alpha value is -1.03. The summed E-state index contributed by atoms with van der Waals surface area (Å²) in [7, 11) is -2.54. The number of sulfonamides is 1. The van der Waals surface area contributed by atoms with Gasteiger partial charge in [-0.2, -0.15) is 4.31 Å². The summed E-state index contributed by atoms with van der Waals surface area (Å²) in [6, 6.07) is 0. The minimum absolute atomic E-state index is 0.0755. The zero-order valence-electron chi connectivity index (χ0n) is 10.5. The van der Waals surface area contributed by atoms with Crippen molar-refractivity contribution in [3.63, 3.8) is 0 Å². The molecule has 0 aromatic carbocycles. The van der Waals surface area contributed by atoms with Gasteiger partial charge in [-0.1, -0.05) is 0 Å². The lowest BCUT2D eigenvalue weighted by Gasteiger charge is -2.29. The van der Waals surface area contributed by atoms with Crippen molar-refractivity contribution in [2.75, 3.05) is 26.8 Å². The quantitative estimate of drug-likeness (QED) is 0.749. The van der Waals surface area contributed by atoms with Crippen LogP contribution in [0.15, 0.2) is 9.72 Å². The molecule has 19 heavy (non-hydrogen) atoms. The molecule has 1 atom stereocenters. The highest BCUT2D eigenvalue weighted by molar-refractivity contribution is 7.91. The van der Waals surface area contributed by atoms with Gasteiger partial charge < -0.3 is 9.47 Å². The lowest BCUT2D eigenvalue weighted by atomic mass is 10.3. The molecule has 0 bridgehead atoms. The molecular weight excluding hydrogens is 292 g/mol. The highest BCUT2D eigenvalue weighted by Crippen LogP contribution is 2.26. The molecule has 0 N–H and O–H groups in total. The van der Waals surface area contributed by atoms with Crippen LogP contribution in [0.1, 0.15) is 17.4 Å². The van der Waals surface area contributed by atoms with Crippen LogP contribution in [0.3, 0.4) is 0 Å². The molecule has 1 aliphatic rings. The van der Waals surface area contributed by atoms with Gasteiger partial charge in [0, 0.05) is 13.1 Å². The van der Waals surface area contributed by atoms with Gasteiger partial charge >= 0.3 is 5.97 Å². The first-order valence-corrected chi connectivity index (χ1v) is 7.92. The Morgan fingerprint density at radius 1 is 1.63 bits per heavy atom. The Morgan fingerprint density at radius 3 is 3.00 bits per heavy atom. The number of aromatic nitrogens is 1. The summed E-state index contributed by atoms with van der Waals surface area (Å²) in [5.74, 6) is -0.749. The molecule has 1 aromatic rings. The third kappa shape index (κ3) is 2.78. The number of ether oxygens (including phenoxy) is 2. The molecule has 0 amide bonds. The molecule has 1 unspecified atom stereocenters. The monoisotopic (exact) mass is 306 g/mol. The van der Waals surface area contributed by atoms with Crippen molar-refractivity contribution in [1.29, 1.82) is 0 Å². The summed E-state index contributed by atoms with van der Waals surface area (Å²) in [5.41, 5.74) is 1.16. The molecule has 2 heterocycles. The molecule has 2 rings (SSSR count). The second-order valence-corrected chi connectivity index (χ2v) is 7.01. The van der Waals surface area contributed by atoms with Gasteiger partial charge in [-0.15, -0.1) is 11.3 Å². The average Bonchev–Trinajstić information content (AvgIpc) is 2.87. The standard InChI is InChI=1S/C10H14N2O5S2/c1-7-5-12(3-4-17-7)19(14,15)10-8(9(13)16-2)11-6-18-10/h6-7H,3-5H2,1-2H3. The van der Waals surface area contributed by atoms with Gasteiger partial charge in [-0.3, -0.25) is 0 Å². The van der Waals surface area contributed by atoms with Crippen LogP contribution in [-0.4, -0.2) is 56.6 Å². The predicted molar refractivity (Wildman–Crippen MR) is 67.6 cm³/mol. The Morgan fingerprint density at radius 2 is 2.37 bits per heavy atom. The molecule has 0 radical (unpaired) electrons. The van der Waals surface area contributed by atoms with Crippen LogP contribution in [0.4, 0.5) is 0 Å². The fourth-order valence-electron chi connectivity index (χ4n) is 1.77. The number of carbonyl (C=O) groups is 1. The van der Waals surface area contributed by atoms with E-state index in [1.807, 2.05) is 0 Å². The number of carbonyl (C=O) groups excluding carboxylic acids is 1. The van der Waals surface area contributed by atoms with Crippen LogP contribution < -0.4 is 0 Å². The molecule has 1 saturated heterocycles. The van der Waals surface area contributed by atoms with Crippen LogP contribution in [0, 0.1) is 0 Å². The number of hydrogen-bond donors (Lipinski definition) is 0. The van der Waals surface area contributed by atoms with E-state index >= 15 is 0 Å². The van der Waals surface area contributed by atoms with Crippen molar-refractivity contribution in [2.45, 2.75) is 17.2 Å². The summed E-state index contributed by atoms with van der Waals surface area (Å²) in [4.78, 5) is 15.3. The van der Waals surface area contributed by atoms with E-state index in [1.165, 1.54) is 16.9 Å². The zero-order valence-corrected chi connectivity index (χ0v) is 12.2. The number of esters is 1. The summed E-state index contributed by atoms with van der Waals surface area (Å²) in [5, 5.41) is 0. The number of rotatable bonds is 3. The molecule has 1 aromatic heterocycles. The highest BCUT2D eigenvalue weighted by atomic mass is 32.2. The SMILES string of the molecule is COC(=O)c1ncsc1S(=O)(=O)N1CCOC(C)C1. The van der Waals surface area contributed by atoms with Gasteiger partial charge in [0.15, 0.2) is 9.90 Å². The van der Waals surface area contributed by atoms with Gasteiger partial charge in [0.05, 0.1) is 25.3 Å². The summed E-state index contributed by atoms with van der Waals surface area (Å²) in [6.45, 7) is 2.67. The maximum absolute atomic E-state index is 12.5. The van der Waals surface area contributed by atoms with Crippen molar-refractivity contribution in [2.24, 2.45) is 0 Å². The largest absolute Gasteiger partial charge is 0.464 e. The third-order valence-electron chi connectivity index (χ3n) is 2.69. The maximum Gasteiger partial charge on any atom is 0.358 e. The fraction of sp³-hybridized carbons (Fsp3) is 0.600. The van der Waals surface area contributed by atoms with Crippen LogP contribution >= 0.6 is 11.3 Å². The van der Waals surface area contributed by atoms with E-state index in [-0.39, 0.29) is 29.1 Å². The molecule has 1 aliphatic heterocycles. The van der Waals surface area contributed by atoms with Gasteiger partial charge in [0.2, 0.25) is 0 Å². The second kappa shape index (κ2) is 5.53. The van der Waals surface area contributed by atoms with E-state index in [2.05, 4.69) is 9.72 Å². The van der Waals surface area contributed by atoms with E-state index in [4.69, 9.17) is 4.74 Å². The molecule has 9 heteroatoms. The Kier molecular flexibility index (Phi) is 4.19. The first kappa shape index (κ1) is 14.4. The Labute approximate surface area is 115 Å². The van der Waals surface area contributed by atoms with E-state index in [0.717, 1.165) is 11.3 Å². The predicted octanol–water partition coefficient (Wildman–Crippen LogP) is 0.339. The maximum atomic E-state index is 12.5. The number of methoxy groups -OCH3 is 1. The highest BCUT2D eigenvalue weighted by Gasteiger charge is 2.34. The minimum Gasteiger partial charge on any atom is -0.464 e. The second-order valence-electron chi connectivity index (χ2n) is 4.02. The van der Waals surface area contributed by atoms with Crippen LogP contribution in [-0.2, 0) is 19.5 Å². The van der Waals surface area contributed by atoms with Gasteiger partial charge in [0.25, 0.3) is 10.0 Å². The summed E-state index contributed by atoms with van der Waals surface area (Å²) < 4.78 is 36.0. The summed E-state index contributed by atoms with van der Waals surface area (Å²) >= 11 is 0.913. The zero-order chi connectivity index (χ0) is 14.0. The number of morpholine rings is 1. The fourth-order valence-corrected chi connectivity index (χ4v) is 4.54. The smallest absolute Gasteiger partial charge is 0.358 e. The van der Waals surface area contributed by atoms with E-state index in [0.29, 0.717) is 6.61 Å². The van der Waals surface area contributed by atoms with Gasteiger partial charge in [-0.25, -0.2) is 18.2 Å². The molecule has 7 nitrogen and oxygen atoms in total. The van der Waals surface area contributed by atoms with Crippen LogP contribution in [0.2, 0.25) is 0 Å². The molecule has 0 aliphatic carbocycles. The molecule has 106 valence electrons. The molecule has 0 spiro atoms. The van der Waals surface area contributed by atoms with Gasteiger partial charge in [-0.05, 0) is 6.92 Å².